The molecule has 0 saturated carbocycles. The van der Waals surface area contributed by atoms with Gasteiger partial charge in [0.05, 0.1) is 0 Å². The molecule has 0 bridgehead atoms. The normalized spacial score (nSPS) is 16.4. The molecule has 0 spiro atoms. The number of alkyl halides is 10. The third-order valence-electron chi connectivity index (χ3n) is 3.37. The van der Waals surface area contributed by atoms with E-state index in [1.807, 2.05) is 0 Å². The number of halogens is 11. The molecule has 0 nitrogen and oxygen atoms in total. The van der Waals surface area contributed by atoms with Crippen molar-refractivity contribution in [2.45, 2.75) is 74.9 Å². The second-order valence-corrected chi connectivity index (χ2v) is 12.3. The average Bonchev–Trinajstić information content (AvgIpc) is 2.34. The van der Waals surface area contributed by atoms with Gasteiger partial charge in [-0.1, -0.05) is 25.9 Å². The molecule has 0 aromatic rings. The maximum Gasteiger partial charge on any atom is 0.389 e. The van der Waals surface area contributed by atoms with Crippen molar-refractivity contribution in [2.75, 3.05) is 0 Å². The monoisotopic (exact) mass is 414 g/mol. The van der Waals surface area contributed by atoms with Crippen LogP contribution in [0.25, 0.3) is 0 Å². The van der Waals surface area contributed by atoms with Crippen LogP contribution in [0.15, 0.2) is 0 Å². The van der Waals surface area contributed by atoms with E-state index in [4.69, 9.17) is 11.1 Å². The van der Waals surface area contributed by atoms with E-state index in [9.17, 15) is 43.9 Å². The molecule has 1 unspecified atom stereocenters. The summed E-state index contributed by atoms with van der Waals surface area (Å²) in [5.74, 6) is -11.7. The third-order valence-corrected chi connectivity index (χ3v) is 5.89. The molecule has 0 aromatic carbocycles. The summed E-state index contributed by atoms with van der Waals surface area (Å²) < 4.78 is 130. The van der Waals surface area contributed by atoms with Gasteiger partial charge in [-0.2, -0.15) is 41.8 Å². The van der Waals surface area contributed by atoms with Gasteiger partial charge in [0, 0.05) is 6.42 Å². The Hall–Kier alpha value is -0.193. The molecule has 146 valence electrons. The van der Waals surface area contributed by atoms with Gasteiger partial charge in [-0.05, 0) is 12.8 Å². The van der Waals surface area contributed by atoms with E-state index >= 15 is 0 Å². The van der Waals surface area contributed by atoms with Gasteiger partial charge in [0.15, 0.2) is 6.17 Å². The molecule has 0 saturated heterocycles. The highest BCUT2D eigenvalue weighted by Gasteiger charge is 2.78. The highest BCUT2D eigenvalue weighted by Crippen LogP contribution is 2.53. The lowest BCUT2D eigenvalue weighted by molar-refractivity contribution is -0.302. The van der Waals surface area contributed by atoms with Gasteiger partial charge in [0.1, 0.15) is 0 Å². The standard InChI is InChI=1S/C12H17ClF10Si/c1-24(2,13)12(22,23)11(20,21)10(18,19)8(14)6-4-3-5-7-9(15,16)17/h8H,3-7H2,1-2H3. The number of rotatable bonds is 9. The van der Waals surface area contributed by atoms with Crippen LogP contribution >= 0.6 is 11.1 Å². The minimum absolute atomic E-state index is 0.353. The molecule has 1 atom stereocenters. The first-order valence-electron chi connectivity index (χ1n) is 6.91. The van der Waals surface area contributed by atoms with E-state index in [-0.39, 0.29) is 6.42 Å². The van der Waals surface area contributed by atoms with Crippen LogP contribution in [0.1, 0.15) is 32.1 Å². The van der Waals surface area contributed by atoms with Crippen LogP contribution in [0.4, 0.5) is 43.9 Å². The van der Waals surface area contributed by atoms with Gasteiger partial charge in [-0.15, -0.1) is 0 Å². The topological polar surface area (TPSA) is 0 Å². The zero-order valence-corrected chi connectivity index (χ0v) is 14.5. The molecule has 0 aromatic heterocycles. The summed E-state index contributed by atoms with van der Waals surface area (Å²) in [5, 5.41) is 0. The molecular weight excluding hydrogens is 398 g/mol. The van der Waals surface area contributed by atoms with Crippen LogP contribution in [0.3, 0.4) is 0 Å². The Kier molecular flexibility index (Phi) is 7.53. The highest BCUT2D eigenvalue weighted by molar-refractivity contribution is 7.20. The second kappa shape index (κ2) is 7.59. The molecule has 24 heavy (non-hydrogen) atoms. The minimum atomic E-state index is -6.01. The minimum Gasteiger partial charge on any atom is -0.241 e. The lowest BCUT2D eigenvalue weighted by Crippen LogP contribution is -2.66. The SMILES string of the molecule is C[Si](C)(Cl)C(F)(F)C(F)(F)C(F)(F)C(F)CCCCCC(F)(F)F. The lowest BCUT2D eigenvalue weighted by atomic mass is 10.0. The Morgan fingerprint density at radius 2 is 1.29 bits per heavy atom. The fourth-order valence-corrected chi connectivity index (χ4v) is 3.06. The molecule has 0 fully saturated rings. The summed E-state index contributed by atoms with van der Waals surface area (Å²) in [6.45, 7) is 1.03. The molecule has 0 heterocycles. The van der Waals surface area contributed by atoms with Crippen LogP contribution in [0.5, 0.6) is 0 Å². The van der Waals surface area contributed by atoms with Gasteiger partial charge >= 0.3 is 23.6 Å². The largest absolute Gasteiger partial charge is 0.389 e. The van der Waals surface area contributed by atoms with E-state index < -0.39 is 62.8 Å². The fourth-order valence-electron chi connectivity index (χ4n) is 1.79. The Morgan fingerprint density at radius 3 is 1.67 bits per heavy atom. The van der Waals surface area contributed by atoms with E-state index in [0.717, 1.165) is 0 Å². The van der Waals surface area contributed by atoms with Crippen molar-refractivity contribution in [3.63, 3.8) is 0 Å². The summed E-state index contributed by atoms with van der Waals surface area (Å²) in [4.78, 5) is 0. The van der Waals surface area contributed by atoms with Crippen LogP contribution in [-0.4, -0.2) is 37.1 Å². The van der Waals surface area contributed by atoms with E-state index in [1.165, 1.54) is 0 Å². The van der Waals surface area contributed by atoms with Crippen LogP contribution in [-0.2, 0) is 0 Å². The Balaban J connectivity index is 4.85. The van der Waals surface area contributed by atoms with Gasteiger partial charge in [0.2, 0.25) is 7.38 Å². The number of hydrogen-bond acceptors (Lipinski definition) is 0. The van der Waals surface area contributed by atoms with Gasteiger partial charge < -0.3 is 0 Å². The third kappa shape index (κ3) is 5.40. The average molecular weight is 415 g/mol. The summed E-state index contributed by atoms with van der Waals surface area (Å²) in [7, 11) is -4.62. The first-order chi connectivity index (χ1) is 10.4. The summed E-state index contributed by atoms with van der Waals surface area (Å²) in [6, 6.07) is 0. The predicted octanol–water partition coefficient (Wildman–Crippen LogP) is 6.73. The first kappa shape index (κ1) is 23.8. The quantitative estimate of drug-likeness (QED) is 0.170. The van der Waals surface area contributed by atoms with Gasteiger partial charge in [0.25, 0.3) is 0 Å². The molecule has 0 aliphatic heterocycles. The van der Waals surface area contributed by atoms with Crippen molar-refractivity contribution in [1.29, 1.82) is 0 Å². The van der Waals surface area contributed by atoms with Crippen molar-refractivity contribution in [3.8, 4) is 0 Å². The number of hydrogen-bond donors (Lipinski definition) is 0. The molecule has 0 aliphatic rings. The highest BCUT2D eigenvalue weighted by atomic mass is 35.6. The zero-order valence-electron chi connectivity index (χ0n) is 12.8. The van der Waals surface area contributed by atoms with Crippen LogP contribution in [0.2, 0.25) is 13.1 Å². The predicted molar refractivity (Wildman–Crippen MR) is 72.2 cm³/mol. The smallest absolute Gasteiger partial charge is 0.241 e. The Morgan fingerprint density at radius 1 is 0.833 bits per heavy atom. The number of unbranched alkanes of at least 4 members (excludes halogenated alkanes) is 2. The van der Waals surface area contributed by atoms with Crippen molar-refractivity contribution >= 4 is 18.5 Å². The summed E-state index contributed by atoms with van der Waals surface area (Å²) >= 11 is 5.15. The van der Waals surface area contributed by atoms with Crippen molar-refractivity contribution in [1.82, 2.24) is 0 Å². The van der Waals surface area contributed by atoms with E-state index in [0.29, 0.717) is 13.1 Å². The van der Waals surface area contributed by atoms with Crippen molar-refractivity contribution in [2.24, 2.45) is 0 Å². The molecule has 0 radical (unpaired) electrons. The maximum atomic E-state index is 13.5. The lowest BCUT2D eigenvalue weighted by Gasteiger charge is -2.38. The van der Waals surface area contributed by atoms with Gasteiger partial charge in [-0.3, -0.25) is 0 Å². The van der Waals surface area contributed by atoms with Gasteiger partial charge in [-0.25, -0.2) is 13.2 Å². The summed E-state index contributed by atoms with van der Waals surface area (Å²) in [5.41, 5.74) is -5.29. The molecule has 0 amide bonds. The second-order valence-electron chi connectivity index (χ2n) is 5.93. The molecule has 0 N–H and O–H groups in total. The zero-order chi connectivity index (χ0) is 19.6. The van der Waals surface area contributed by atoms with Crippen LogP contribution < -0.4 is 0 Å². The molecule has 0 aliphatic carbocycles. The van der Waals surface area contributed by atoms with E-state index in [1.54, 1.807) is 0 Å². The summed E-state index contributed by atoms with van der Waals surface area (Å²) in [6.07, 6.45) is -12.0. The van der Waals surface area contributed by atoms with Crippen molar-refractivity contribution in [3.05, 3.63) is 0 Å². The molecule has 12 heteroatoms. The van der Waals surface area contributed by atoms with Crippen LogP contribution in [0, 0.1) is 0 Å². The fraction of sp³-hybridized carbons (Fsp3) is 1.00. The Labute approximate surface area is 138 Å². The molecular formula is C12H17ClF10Si. The molecule has 0 rings (SSSR count). The maximum absolute atomic E-state index is 13.5. The van der Waals surface area contributed by atoms with Crippen molar-refractivity contribution < 1.29 is 43.9 Å². The van der Waals surface area contributed by atoms with E-state index in [2.05, 4.69) is 0 Å². The Bertz CT molecular complexity index is 402. The first-order valence-corrected chi connectivity index (χ1v) is 10.9.